The van der Waals surface area contributed by atoms with Crippen molar-refractivity contribution in [2.45, 2.75) is 43.6 Å². The van der Waals surface area contributed by atoms with Crippen LogP contribution in [0.1, 0.15) is 19.8 Å². The molecule has 1 aliphatic rings. The third-order valence-electron chi connectivity index (χ3n) is 2.02. The van der Waals surface area contributed by atoms with Crippen molar-refractivity contribution >= 4 is 31.5 Å². The highest BCUT2D eigenvalue weighted by molar-refractivity contribution is 9.24. The summed E-state index contributed by atoms with van der Waals surface area (Å²) in [6.45, 7) is 2.33. The maximum absolute atomic E-state index is 3.83. The molecule has 1 rings (SSSR count). The second kappa shape index (κ2) is 4.72. The minimum absolute atomic E-state index is 0.00547. The van der Waals surface area contributed by atoms with E-state index in [4.69, 9.17) is 0 Å². The first kappa shape index (κ1) is 9.01. The molecule has 1 heterocycles. The van der Waals surface area contributed by atoms with Crippen molar-refractivity contribution in [1.29, 1.82) is 0 Å². The van der Waals surface area contributed by atoms with Crippen LogP contribution >= 0.6 is 15.3 Å². The topological polar surface area (TPSA) is 0 Å². The van der Waals surface area contributed by atoms with E-state index in [2.05, 4.69) is 22.2 Å². The molecule has 0 atom stereocenters. The molecule has 0 amide bonds. The minimum Gasteiger partial charge on any atom is -0.129 e. The zero-order valence-corrected chi connectivity index (χ0v) is 10.2. The van der Waals surface area contributed by atoms with E-state index in [9.17, 15) is 0 Å². The lowest BCUT2D eigenvalue weighted by Crippen LogP contribution is -2.24. The Hall–Kier alpha value is 0.914. The maximum Gasteiger partial charge on any atom is 0.132 e. The third kappa shape index (κ3) is 2.88. The molecule has 0 bridgehead atoms. The highest BCUT2D eigenvalue weighted by Gasteiger charge is 2.21. The van der Waals surface area contributed by atoms with Gasteiger partial charge in [0.05, 0.1) is 0 Å². The van der Waals surface area contributed by atoms with Gasteiger partial charge >= 0.3 is 0 Å². The van der Waals surface area contributed by atoms with E-state index in [0.29, 0.717) is 0 Å². The predicted octanol–water partition coefficient (Wildman–Crippen LogP) is 3.22. The number of hydrogen-bond acceptors (Lipinski definition) is 0. The van der Waals surface area contributed by atoms with Crippen molar-refractivity contribution in [3.8, 4) is 0 Å². The molecule has 1 aliphatic heterocycles. The summed E-state index contributed by atoms with van der Waals surface area (Å²) in [5, 5.41) is 0. The number of rotatable bonds is 2. The average molecular weight is 235 g/mol. The zero-order chi connectivity index (χ0) is 7.40. The Morgan fingerprint density at radius 3 is 2.80 bits per heavy atom. The normalized spacial score (nSPS) is 23.4. The molecule has 10 heavy (non-hydrogen) atoms. The number of hydrogen-bond donors (Lipinski definition) is 0. The van der Waals surface area contributed by atoms with E-state index in [-0.39, 0.29) is 16.2 Å². The van der Waals surface area contributed by atoms with E-state index in [0.717, 1.165) is 0 Å². The van der Waals surface area contributed by atoms with Crippen LogP contribution in [0.15, 0.2) is 0 Å². The first-order chi connectivity index (χ1) is 4.83. The van der Waals surface area contributed by atoms with Crippen molar-refractivity contribution in [3.05, 3.63) is 0 Å². The number of halogens is 1. The van der Waals surface area contributed by atoms with Gasteiger partial charge in [0.1, 0.15) is 7.42 Å². The molecule has 3 heteroatoms. The minimum atomic E-state index is -0.00547. The highest BCUT2D eigenvalue weighted by Crippen LogP contribution is 2.25. The van der Waals surface area contributed by atoms with Crippen molar-refractivity contribution in [1.82, 2.24) is 0 Å². The predicted molar refractivity (Wildman–Crippen MR) is 54.6 cm³/mol. The molecule has 2 radical (unpaired) electrons. The van der Waals surface area contributed by atoms with Gasteiger partial charge in [0, 0.05) is 8.80 Å². The lowest BCUT2D eigenvalue weighted by molar-refractivity contribution is 0.978. The molecule has 0 spiro atoms. The maximum atomic E-state index is 3.83. The molecule has 1 saturated heterocycles. The molecular formula is C7H15BrSi2. The Morgan fingerprint density at radius 1 is 1.40 bits per heavy atom. The Balaban J connectivity index is 2.18. The van der Waals surface area contributed by atoms with E-state index in [1.54, 1.807) is 17.8 Å². The van der Waals surface area contributed by atoms with Crippen LogP contribution in [0.5, 0.6) is 0 Å². The summed E-state index contributed by atoms with van der Waals surface area (Å²) in [6, 6.07) is 4.71. The van der Waals surface area contributed by atoms with Crippen LogP contribution in [-0.2, 0) is 0 Å². The van der Waals surface area contributed by atoms with Crippen LogP contribution in [0.25, 0.3) is 0 Å². The fourth-order valence-electron chi connectivity index (χ4n) is 1.55. The molecule has 1 fully saturated rings. The Labute approximate surface area is 75.2 Å². The van der Waals surface area contributed by atoms with Crippen molar-refractivity contribution in [2.75, 3.05) is 0 Å². The zero-order valence-electron chi connectivity index (χ0n) is 6.62. The van der Waals surface area contributed by atoms with Gasteiger partial charge < -0.3 is 0 Å². The summed E-state index contributed by atoms with van der Waals surface area (Å²) in [4.78, 5) is 0. The summed E-state index contributed by atoms with van der Waals surface area (Å²) >= 11 is 3.83. The Bertz CT molecular complexity index is 95.6. The van der Waals surface area contributed by atoms with Crippen LogP contribution in [-0.4, -0.2) is 16.2 Å². The Kier molecular flexibility index (Phi) is 4.25. The first-order valence-electron chi connectivity index (χ1n) is 4.16. The lowest BCUT2D eigenvalue weighted by atomic mass is 10.6. The van der Waals surface area contributed by atoms with Crippen LogP contribution in [0.2, 0.25) is 23.8 Å². The fourth-order valence-corrected chi connectivity index (χ4v) is 12.8. The van der Waals surface area contributed by atoms with Crippen LogP contribution in [0, 0.1) is 0 Å². The average Bonchev–Trinajstić information content (AvgIpc) is 1.88. The van der Waals surface area contributed by atoms with Crippen molar-refractivity contribution in [3.63, 3.8) is 0 Å². The molecule has 58 valence electrons. The fraction of sp³-hybridized carbons (Fsp3) is 1.00. The van der Waals surface area contributed by atoms with E-state index in [1.165, 1.54) is 18.9 Å². The largest absolute Gasteiger partial charge is 0.132 e. The van der Waals surface area contributed by atoms with Gasteiger partial charge in [0.25, 0.3) is 0 Å². The van der Waals surface area contributed by atoms with Crippen molar-refractivity contribution in [2.24, 2.45) is 0 Å². The van der Waals surface area contributed by atoms with E-state index in [1.807, 2.05) is 0 Å². The third-order valence-corrected chi connectivity index (χ3v) is 12.4. The van der Waals surface area contributed by atoms with Gasteiger partial charge in [-0.1, -0.05) is 37.5 Å². The summed E-state index contributed by atoms with van der Waals surface area (Å²) in [5.74, 6) is 0. The van der Waals surface area contributed by atoms with E-state index < -0.39 is 0 Å². The molecule has 0 aromatic carbocycles. The van der Waals surface area contributed by atoms with Gasteiger partial charge in [0.2, 0.25) is 0 Å². The highest BCUT2D eigenvalue weighted by atomic mass is 79.9. The Morgan fingerprint density at radius 2 is 2.20 bits per heavy atom. The standard InChI is InChI=1S/C7H15BrSi2/c1-2-4-9-5-3-6-10(8)7-9/h2-7H2,1H3. The monoisotopic (exact) mass is 234 g/mol. The molecule has 0 aliphatic carbocycles. The van der Waals surface area contributed by atoms with Crippen molar-refractivity contribution < 1.29 is 0 Å². The molecule has 0 nitrogen and oxygen atoms in total. The first-order valence-corrected chi connectivity index (χ1v) is 10.5. The smallest absolute Gasteiger partial charge is 0.129 e. The van der Waals surface area contributed by atoms with Gasteiger partial charge in [0.15, 0.2) is 0 Å². The van der Waals surface area contributed by atoms with Gasteiger partial charge in [-0.15, -0.1) is 15.3 Å². The lowest BCUT2D eigenvalue weighted by Gasteiger charge is -2.22. The molecular weight excluding hydrogens is 220 g/mol. The van der Waals surface area contributed by atoms with Gasteiger partial charge in [-0.2, -0.15) is 0 Å². The molecule has 0 aromatic heterocycles. The second-order valence-corrected chi connectivity index (χ2v) is 11.9. The molecule has 0 N–H and O–H groups in total. The van der Waals surface area contributed by atoms with Crippen LogP contribution < -0.4 is 0 Å². The van der Waals surface area contributed by atoms with Gasteiger partial charge in [-0.3, -0.25) is 0 Å². The summed E-state index contributed by atoms with van der Waals surface area (Å²) < 4.78 is 0. The van der Waals surface area contributed by atoms with Crippen LogP contribution in [0.4, 0.5) is 0 Å². The summed E-state index contributed by atoms with van der Waals surface area (Å²) in [5.41, 5.74) is 1.63. The summed E-state index contributed by atoms with van der Waals surface area (Å²) in [7, 11) is 0.145. The molecule has 0 aromatic rings. The SMILES string of the molecule is CCC[Si]1CCC[Si](Br)C1. The van der Waals surface area contributed by atoms with E-state index >= 15 is 0 Å². The second-order valence-electron chi connectivity index (χ2n) is 3.05. The van der Waals surface area contributed by atoms with Gasteiger partial charge in [-0.05, 0) is 6.04 Å². The molecule has 0 unspecified atom stereocenters. The summed E-state index contributed by atoms with van der Waals surface area (Å²) in [6.07, 6.45) is 2.96. The van der Waals surface area contributed by atoms with Crippen LogP contribution in [0.3, 0.4) is 0 Å². The van der Waals surface area contributed by atoms with Gasteiger partial charge in [-0.25, -0.2) is 0 Å². The molecule has 0 saturated carbocycles. The quantitative estimate of drug-likeness (QED) is 0.509.